The summed E-state index contributed by atoms with van der Waals surface area (Å²) >= 11 is 0. The first-order chi connectivity index (χ1) is 18.8. The Morgan fingerprint density at radius 2 is 1.54 bits per heavy atom. The fraction of sp³-hybridized carbons (Fsp3) is 0.375. The van der Waals surface area contributed by atoms with Gasteiger partial charge in [-0.1, -0.05) is 48.5 Å². The molecule has 1 amide bonds. The number of piperidine rings is 1. The van der Waals surface area contributed by atoms with Gasteiger partial charge in [0.05, 0.1) is 6.10 Å². The summed E-state index contributed by atoms with van der Waals surface area (Å²) < 4.78 is 27.4. The zero-order chi connectivity index (χ0) is 27.6. The molecule has 2 aliphatic heterocycles. The maximum atomic E-state index is 14.0. The van der Waals surface area contributed by atoms with E-state index in [9.17, 15) is 18.7 Å². The summed E-state index contributed by atoms with van der Waals surface area (Å²) in [6, 6.07) is 19.9. The van der Waals surface area contributed by atoms with E-state index < -0.39 is 23.3 Å². The molecule has 3 aromatic carbocycles. The molecule has 0 bridgehead atoms. The summed E-state index contributed by atoms with van der Waals surface area (Å²) in [5.41, 5.74) is 2.01. The van der Waals surface area contributed by atoms with Gasteiger partial charge in [-0.25, -0.2) is 13.8 Å². The number of benzene rings is 3. The number of halogens is 2. The Hall–Kier alpha value is -3.42. The third kappa shape index (κ3) is 5.52. The summed E-state index contributed by atoms with van der Waals surface area (Å²) in [6.45, 7) is 6.98. The van der Waals surface area contributed by atoms with Crippen molar-refractivity contribution in [3.63, 3.8) is 0 Å². The molecule has 0 aromatic heterocycles. The molecule has 1 atom stereocenters. The quantitative estimate of drug-likeness (QED) is 0.400. The van der Waals surface area contributed by atoms with Crippen LogP contribution in [0.3, 0.4) is 0 Å². The standard InChI is InChI=1S/C32H35F2N3O2/c1-22(38)25-5-3-6-26(21-25)24-15-19-36(20-16-24)17-4-18-37-23(2)35-32(31(37)39,27-7-11-29(33)12-8-27)28-9-13-30(34)14-10-28/h3,5-14,21-22,24,38H,4,15-20H2,1-2H3. The zero-order valence-electron chi connectivity index (χ0n) is 22.5. The zero-order valence-corrected chi connectivity index (χ0v) is 22.5. The first-order valence-electron chi connectivity index (χ1n) is 13.7. The number of carbonyl (C=O) groups excluding carboxylic acids is 1. The second-order valence-electron chi connectivity index (χ2n) is 10.7. The van der Waals surface area contributed by atoms with E-state index in [1.165, 1.54) is 29.8 Å². The van der Waals surface area contributed by atoms with Crippen molar-refractivity contribution in [1.82, 2.24) is 9.80 Å². The Bertz CT molecular complexity index is 1280. The number of nitrogens with zero attached hydrogens (tertiary/aromatic N) is 3. The predicted octanol–water partition coefficient (Wildman–Crippen LogP) is 5.79. The number of aliphatic hydroxyl groups is 1. The molecule has 0 radical (unpaired) electrons. The van der Waals surface area contributed by atoms with Gasteiger partial charge in [0.25, 0.3) is 5.91 Å². The van der Waals surface area contributed by atoms with Gasteiger partial charge in [0.15, 0.2) is 5.54 Å². The Morgan fingerprint density at radius 1 is 0.949 bits per heavy atom. The lowest BCUT2D eigenvalue weighted by Gasteiger charge is -2.33. The normalized spacial score (nSPS) is 18.8. The first kappa shape index (κ1) is 27.2. The first-order valence-corrected chi connectivity index (χ1v) is 13.7. The Kier molecular flexibility index (Phi) is 7.91. The van der Waals surface area contributed by atoms with Crippen LogP contribution in [0.25, 0.3) is 0 Å². The molecule has 5 rings (SSSR count). The minimum atomic E-state index is -1.36. The number of hydrogen-bond acceptors (Lipinski definition) is 4. The molecule has 0 spiro atoms. The fourth-order valence-electron chi connectivity index (χ4n) is 5.90. The highest BCUT2D eigenvalue weighted by Gasteiger charge is 2.49. The molecule has 0 aliphatic carbocycles. The number of likely N-dealkylation sites (tertiary alicyclic amines) is 1. The van der Waals surface area contributed by atoms with Crippen LogP contribution < -0.4 is 0 Å². The lowest BCUT2D eigenvalue weighted by molar-refractivity contribution is -0.130. The van der Waals surface area contributed by atoms with Gasteiger partial charge in [0, 0.05) is 6.54 Å². The predicted molar refractivity (Wildman–Crippen MR) is 149 cm³/mol. The Labute approximate surface area is 228 Å². The van der Waals surface area contributed by atoms with Gasteiger partial charge < -0.3 is 10.0 Å². The summed E-state index contributed by atoms with van der Waals surface area (Å²) in [5.74, 6) is 0.104. The molecule has 1 unspecified atom stereocenters. The minimum absolute atomic E-state index is 0.199. The highest BCUT2D eigenvalue weighted by molar-refractivity contribution is 6.09. The molecular formula is C32H35F2N3O2. The number of carbonyl (C=O) groups is 1. The van der Waals surface area contributed by atoms with Crippen LogP contribution in [0.1, 0.15) is 67.4 Å². The van der Waals surface area contributed by atoms with Crippen LogP contribution in [0.5, 0.6) is 0 Å². The van der Waals surface area contributed by atoms with Crippen molar-refractivity contribution in [2.75, 3.05) is 26.2 Å². The second kappa shape index (κ2) is 11.4. The summed E-state index contributed by atoms with van der Waals surface area (Å²) in [4.78, 5) is 22.9. The van der Waals surface area contributed by atoms with Crippen LogP contribution in [-0.4, -0.2) is 52.8 Å². The molecule has 3 aromatic rings. The van der Waals surface area contributed by atoms with E-state index in [4.69, 9.17) is 4.99 Å². The van der Waals surface area contributed by atoms with Crippen molar-refractivity contribution in [3.8, 4) is 0 Å². The molecule has 2 heterocycles. The number of rotatable bonds is 8. The molecular weight excluding hydrogens is 496 g/mol. The van der Waals surface area contributed by atoms with E-state index in [2.05, 4.69) is 17.0 Å². The topological polar surface area (TPSA) is 56.1 Å². The lowest BCUT2D eigenvalue weighted by atomic mass is 9.82. The molecule has 2 aliphatic rings. The molecule has 5 nitrogen and oxygen atoms in total. The molecule has 1 fully saturated rings. The molecule has 1 saturated heterocycles. The smallest absolute Gasteiger partial charge is 0.265 e. The minimum Gasteiger partial charge on any atom is -0.389 e. The monoisotopic (exact) mass is 531 g/mol. The highest BCUT2D eigenvalue weighted by Crippen LogP contribution is 2.40. The molecule has 1 N–H and O–H groups in total. The van der Waals surface area contributed by atoms with E-state index in [-0.39, 0.29) is 5.91 Å². The third-order valence-electron chi connectivity index (χ3n) is 8.11. The molecule has 7 heteroatoms. The SMILES string of the molecule is CC1=NC(c2ccc(F)cc2)(c2ccc(F)cc2)C(=O)N1CCCN1CCC(c2cccc(C(C)O)c2)CC1. The van der Waals surface area contributed by atoms with Crippen molar-refractivity contribution < 1.29 is 18.7 Å². The van der Waals surface area contributed by atoms with Crippen LogP contribution in [0, 0.1) is 11.6 Å². The van der Waals surface area contributed by atoms with Gasteiger partial charge in [-0.3, -0.25) is 9.69 Å². The van der Waals surface area contributed by atoms with E-state index in [0.29, 0.717) is 29.4 Å². The van der Waals surface area contributed by atoms with Crippen molar-refractivity contribution in [2.45, 2.75) is 50.7 Å². The number of amides is 1. The van der Waals surface area contributed by atoms with Crippen molar-refractivity contribution >= 4 is 11.7 Å². The van der Waals surface area contributed by atoms with Gasteiger partial charge in [-0.05, 0) is 105 Å². The summed E-state index contributed by atoms with van der Waals surface area (Å²) in [5, 5.41) is 9.92. The number of amidine groups is 1. The van der Waals surface area contributed by atoms with Gasteiger partial charge in [-0.15, -0.1) is 0 Å². The van der Waals surface area contributed by atoms with Crippen LogP contribution in [0.4, 0.5) is 8.78 Å². The van der Waals surface area contributed by atoms with Crippen molar-refractivity contribution in [2.24, 2.45) is 4.99 Å². The van der Waals surface area contributed by atoms with E-state index in [1.54, 1.807) is 36.1 Å². The fourth-order valence-corrected chi connectivity index (χ4v) is 5.90. The maximum Gasteiger partial charge on any atom is 0.265 e. The van der Waals surface area contributed by atoms with Gasteiger partial charge >= 0.3 is 0 Å². The molecule has 204 valence electrons. The van der Waals surface area contributed by atoms with E-state index in [1.807, 2.05) is 19.1 Å². The van der Waals surface area contributed by atoms with Gasteiger partial charge in [0.2, 0.25) is 0 Å². The average molecular weight is 532 g/mol. The molecule has 39 heavy (non-hydrogen) atoms. The van der Waals surface area contributed by atoms with Gasteiger partial charge in [0.1, 0.15) is 17.5 Å². The van der Waals surface area contributed by atoms with Crippen LogP contribution in [0.2, 0.25) is 0 Å². The maximum absolute atomic E-state index is 14.0. The summed E-state index contributed by atoms with van der Waals surface area (Å²) in [6.07, 6.45) is 2.45. The lowest BCUT2D eigenvalue weighted by Crippen LogP contribution is -2.43. The van der Waals surface area contributed by atoms with Crippen molar-refractivity contribution in [3.05, 3.63) is 107 Å². The highest BCUT2D eigenvalue weighted by atomic mass is 19.1. The number of hydrogen-bond donors (Lipinski definition) is 1. The van der Waals surface area contributed by atoms with Gasteiger partial charge in [-0.2, -0.15) is 0 Å². The second-order valence-corrected chi connectivity index (χ2v) is 10.7. The van der Waals surface area contributed by atoms with Crippen LogP contribution >= 0.6 is 0 Å². The average Bonchev–Trinajstić information content (AvgIpc) is 3.20. The molecule has 0 saturated carbocycles. The number of aliphatic imine (C=N–C) groups is 1. The summed E-state index contributed by atoms with van der Waals surface area (Å²) in [7, 11) is 0. The third-order valence-corrected chi connectivity index (χ3v) is 8.11. The van der Waals surface area contributed by atoms with E-state index >= 15 is 0 Å². The van der Waals surface area contributed by atoms with Crippen LogP contribution in [0.15, 0.2) is 77.8 Å². The Balaban J connectivity index is 1.23. The number of aliphatic hydroxyl groups excluding tert-OH is 1. The largest absolute Gasteiger partial charge is 0.389 e. The van der Waals surface area contributed by atoms with E-state index in [0.717, 1.165) is 44.5 Å². The van der Waals surface area contributed by atoms with Crippen molar-refractivity contribution in [1.29, 1.82) is 0 Å². The Morgan fingerprint density at radius 3 is 2.10 bits per heavy atom. The van der Waals surface area contributed by atoms with Crippen LogP contribution in [-0.2, 0) is 10.3 Å².